The third-order valence-electron chi connectivity index (χ3n) is 10.3. The van der Waals surface area contributed by atoms with Crippen LogP contribution in [0.25, 0.3) is 0 Å². The lowest BCUT2D eigenvalue weighted by molar-refractivity contribution is -0.164. The molecule has 3 saturated carbocycles. The molecule has 4 rings (SSSR count). The highest BCUT2D eigenvalue weighted by Crippen LogP contribution is 2.73. The molecule has 3 nitrogen and oxygen atoms in total. The smallest absolute Gasteiger partial charge is 0.160 e. The van der Waals surface area contributed by atoms with Crippen molar-refractivity contribution in [2.45, 2.75) is 86.5 Å². The molecule has 0 aromatic heterocycles. The van der Waals surface area contributed by atoms with E-state index in [1.54, 1.807) is 6.08 Å². The average molecular weight is 425 g/mol. The van der Waals surface area contributed by atoms with Gasteiger partial charge in [0.15, 0.2) is 11.6 Å². The second-order valence-electron chi connectivity index (χ2n) is 11.9. The number of rotatable bonds is 4. The van der Waals surface area contributed by atoms with Crippen LogP contribution in [0.4, 0.5) is 0 Å². The first-order valence-corrected chi connectivity index (χ1v) is 12.5. The Morgan fingerprint density at radius 2 is 1.68 bits per heavy atom. The van der Waals surface area contributed by atoms with Crippen LogP contribution >= 0.6 is 0 Å². The van der Waals surface area contributed by atoms with Gasteiger partial charge in [-0.15, -0.1) is 0 Å². The Labute approximate surface area is 188 Å². The minimum Gasteiger partial charge on any atom is -0.299 e. The molecule has 0 unspecified atom stereocenters. The summed E-state index contributed by atoms with van der Waals surface area (Å²) in [5.74, 6) is 2.60. The number of carbonyl (C=O) groups is 3. The highest BCUT2D eigenvalue weighted by Gasteiger charge is 2.72. The SMILES string of the molecule is CC(C)[C@@H](C)/C=C/[C@H](C)[C@H]1CCC(=O)[C@]23CC(=O)C4=CC(=O)CC[C@]4(C)[C@H]2CC[C@]13C. The maximum Gasteiger partial charge on any atom is 0.160 e. The predicted molar refractivity (Wildman–Crippen MR) is 123 cm³/mol. The van der Waals surface area contributed by atoms with Gasteiger partial charge in [0.05, 0.1) is 0 Å². The van der Waals surface area contributed by atoms with E-state index in [0.717, 1.165) is 24.8 Å². The van der Waals surface area contributed by atoms with Gasteiger partial charge in [-0.05, 0) is 66.8 Å². The van der Waals surface area contributed by atoms with Gasteiger partial charge in [-0.25, -0.2) is 0 Å². The van der Waals surface area contributed by atoms with Crippen molar-refractivity contribution in [1.29, 1.82) is 0 Å². The molecular weight excluding hydrogens is 384 g/mol. The van der Waals surface area contributed by atoms with E-state index in [0.29, 0.717) is 55.1 Å². The van der Waals surface area contributed by atoms with Crippen molar-refractivity contribution in [1.82, 2.24) is 0 Å². The van der Waals surface area contributed by atoms with Crippen molar-refractivity contribution in [2.24, 2.45) is 45.8 Å². The van der Waals surface area contributed by atoms with Crippen molar-refractivity contribution < 1.29 is 14.4 Å². The third-order valence-corrected chi connectivity index (χ3v) is 10.3. The van der Waals surface area contributed by atoms with E-state index in [4.69, 9.17) is 0 Å². The van der Waals surface area contributed by atoms with Crippen LogP contribution in [0.5, 0.6) is 0 Å². The Hall–Kier alpha value is -1.51. The lowest BCUT2D eigenvalue weighted by Gasteiger charge is -2.60. The maximum atomic E-state index is 13.7. The zero-order chi connectivity index (χ0) is 22.8. The van der Waals surface area contributed by atoms with E-state index >= 15 is 0 Å². The Kier molecular flexibility index (Phi) is 5.50. The zero-order valence-electron chi connectivity index (χ0n) is 20.3. The molecule has 1 spiro atoms. The van der Waals surface area contributed by atoms with Gasteiger partial charge in [0.25, 0.3) is 0 Å². The van der Waals surface area contributed by atoms with Gasteiger partial charge < -0.3 is 0 Å². The second kappa shape index (κ2) is 7.52. The number of fused-ring (bicyclic) bond motifs is 2. The first-order chi connectivity index (χ1) is 14.5. The van der Waals surface area contributed by atoms with E-state index < -0.39 is 5.41 Å². The minimum absolute atomic E-state index is 0.0607. The Bertz CT molecular complexity index is 863. The molecule has 0 aromatic carbocycles. The highest BCUT2D eigenvalue weighted by molar-refractivity contribution is 6.08. The summed E-state index contributed by atoms with van der Waals surface area (Å²) in [5, 5.41) is 0. The van der Waals surface area contributed by atoms with Gasteiger partial charge in [-0.3, -0.25) is 14.4 Å². The molecule has 170 valence electrons. The summed E-state index contributed by atoms with van der Waals surface area (Å²) in [4.78, 5) is 39.3. The van der Waals surface area contributed by atoms with E-state index in [1.807, 2.05) is 0 Å². The van der Waals surface area contributed by atoms with Crippen molar-refractivity contribution in [2.75, 3.05) is 0 Å². The van der Waals surface area contributed by atoms with Crippen LogP contribution in [0.2, 0.25) is 0 Å². The fourth-order valence-corrected chi connectivity index (χ4v) is 8.03. The maximum absolute atomic E-state index is 13.7. The Morgan fingerprint density at radius 3 is 2.35 bits per heavy atom. The molecule has 3 heteroatoms. The van der Waals surface area contributed by atoms with Gasteiger partial charge in [0, 0.05) is 35.7 Å². The zero-order valence-corrected chi connectivity index (χ0v) is 20.3. The van der Waals surface area contributed by atoms with Crippen molar-refractivity contribution in [3.05, 3.63) is 23.8 Å². The Morgan fingerprint density at radius 1 is 0.968 bits per heavy atom. The number of hydrogen-bond acceptors (Lipinski definition) is 3. The van der Waals surface area contributed by atoms with E-state index in [2.05, 4.69) is 53.7 Å². The molecule has 0 saturated heterocycles. The average Bonchev–Trinajstić information content (AvgIpc) is 3.03. The van der Waals surface area contributed by atoms with E-state index in [9.17, 15) is 14.4 Å². The van der Waals surface area contributed by atoms with Gasteiger partial charge in [-0.2, -0.15) is 0 Å². The van der Waals surface area contributed by atoms with Crippen molar-refractivity contribution >= 4 is 17.3 Å². The first kappa shape index (κ1) is 22.7. The minimum atomic E-state index is -0.550. The van der Waals surface area contributed by atoms with Crippen LogP contribution in [0, 0.1) is 45.8 Å². The molecule has 0 aliphatic heterocycles. The summed E-state index contributed by atoms with van der Waals surface area (Å²) in [6, 6.07) is 0. The predicted octanol–water partition coefficient (Wildman–Crippen LogP) is 6.12. The summed E-state index contributed by atoms with van der Waals surface area (Å²) in [5.41, 5.74) is -0.310. The third kappa shape index (κ3) is 3.09. The van der Waals surface area contributed by atoms with Crippen LogP contribution in [0.1, 0.15) is 86.5 Å². The van der Waals surface area contributed by atoms with Gasteiger partial charge in [-0.1, -0.05) is 53.7 Å². The van der Waals surface area contributed by atoms with Crippen LogP contribution in [-0.4, -0.2) is 17.3 Å². The van der Waals surface area contributed by atoms with Crippen molar-refractivity contribution in [3.63, 3.8) is 0 Å². The molecule has 0 bridgehead atoms. The number of Topliss-reactive ketones (excluding diaryl/α,β-unsaturated/α-hetero) is 2. The summed E-state index contributed by atoms with van der Waals surface area (Å²) in [7, 11) is 0. The van der Waals surface area contributed by atoms with Crippen molar-refractivity contribution in [3.8, 4) is 0 Å². The highest BCUT2D eigenvalue weighted by atomic mass is 16.1. The fourth-order valence-electron chi connectivity index (χ4n) is 8.03. The molecule has 0 N–H and O–H groups in total. The monoisotopic (exact) mass is 424 g/mol. The van der Waals surface area contributed by atoms with Gasteiger partial charge in [0.1, 0.15) is 5.78 Å². The molecule has 7 atom stereocenters. The summed E-state index contributed by atoms with van der Waals surface area (Å²) >= 11 is 0. The lowest BCUT2D eigenvalue weighted by atomic mass is 9.41. The molecule has 0 heterocycles. The van der Waals surface area contributed by atoms with Gasteiger partial charge >= 0.3 is 0 Å². The molecule has 4 aliphatic carbocycles. The van der Waals surface area contributed by atoms with Gasteiger partial charge in [0.2, 0.25) is 0 Å². The first-order valence-electron chi connectivity index (χ1n) is 12.5. The fraction of sp³-hybridized carbons (Fsp3) is 0.750. The number of ketones is 3. The molecule has 31 heavy (non-hydrogen) atoms. The van der Waals surface area contributed by atoms with Crippen LogP contribution in [0.3, 0.4) is 0 Å². The van der Waals surface area contributed by atoms with Crippen LogP contribution in [-0.2, 0) is 14.4 Å². The molecule has 3 fully saturated rings. The summed E-state index contributed by atoms with van der Waals surface area (Å²) < 4.78 is 0. The summed E-state index contributed by atoms with van der Waals surface area (Å²) in [6.07, 6.45) is 11.4. The standard InChI is InChI=1S/C28H40O3/c1-17(2)18(3)7-8-19(4)21-9-10-25(31)28-16-23(30)22-15-20(29)11-13-26(22,5)24(28)12-14-27(21,28)6/h7-8,15,17-19,21,24H,9-14,16H2,1-6H3/b8-7+/t18-,19-,21+,24+,26-,27+,28-/m0/s1. The topological polar surface area (TPSA) is 51.2 Å². The van der Waals surface area contributed by atoms with Crippen LogP contribution in [0.15, 0.2) is 23.8 Å². The number of allylic oxidation sites excluding steroid dienone is 4. The quantitative estimate of drug-likeness (QED) is 0.511. The largest absolute Gasteiger partial charge is 0.299 e. The molecular formula is C28H40O3. The van der Waals surface area contributed by atoms with Crippen LogP contribution < -0.4 is 0 Å². The molecule has 0 aromatic rings. The van der Waals surface area contributed by atoms with E-state index in [-0.39, 0.29) is 28.3 Å². The lowest BCUT2D eigenvalue weighted by Crippen LogP contribution is -2.61. The van der Waals surface area contributed by atoms with E-state index in [1.165, 1.54) is 0 Å². The molecule has 0 amide bonds. The summed E-state index contributed by atoms with van der Waals surface area (Å²) in [6.45, 7) is 13.6. The normalized spacial score (nSPS) is 42.3. The number of hydrogen-bond donors (Lipinski definition) is 0. The Balaban J connectivity index is 1.74. The molecule has 0 radical (unpaired) electrons. The number of carbonyl (C=O) groups excluding carboxylic acids is 3. The molecule has 4 aliphatic rings. The second-order valence-corrected chi connectivity index (χ2v) is 11.9.